The van der Waals surface area contributed by atoms with Crippen molar-refractivity contribution in [1.29, 1.82) is 0 Å². The lowest BCUT2D eigenvalue weighted by molar-refractivity contribution is 0.0743. The van der Waals surface area contributed by atoms with E-state index in [0.717, 1.165) is 37.8 Å². The van der Waals surface area contributed by atoms with Gasteiger partial charge in [-0.1, -0.05) is 19.1 Å². The fourth-order valence-electron chi connectivity index (χ4n) is 2.22. The van der Waals surface area contributed by atoms with Crippen molar-refractivity contribution < 1.29 is 4.79 Å². The lowest BCUT2D eigenvalue weighted by Gasteiger charge is -2.21. The summed E-state index contributed by atoms with van der Waals surface area (Å²) in [6.45, 7) is 3.64. The summed E-state index contributed by atoms with van der Waals surface area (Å²) in [6, 6.07) is 8.37. The molecule has 0 atom stereocenters. The highest BCUT2D eigenvalue weighted by Crippen LogP contribution is 2.28. The second-order valence-electron chi connectivity index (χ2n) is 4.97. The van der Waals surface area contributed by atoms with Crippen molar-refractivity contribution in [2.24, 2.45) is 5.73 Å². The minimum Gasteiger partial charge on any atom is -0.336 e. The van der Waals surface area contributed by atoms with Crippen LogP contribution in [-0.2, 0) is 6.42 Å². The van der Waals surface area contributed by atoms with E-state index in [1.54, 1.807) is 0 Å². The quantitative estimate of drug-likeness (QED) is 0.836. The molecule has 0 spiro atoms. The molecule has 2 N–H and O–H groups in total. The molecular formula is C15H22N2O. The van der Waals surface area contributed by atoms with Crippen LogP contribution in [0.5, 0.6) is 0 Å². The molecule has 1 aromatic rings. The fourth-order valence-corrected chi connectivity index (χ4v) is 2.22. The van der Waals surface area contributed by atoms with Crippen LogP contribution in [0.2, 0.25) is 0 Å². The Morgan fingerprint density at radius 3 is 2.50 bits per heavy atom. The van der Waals surface area contributed by atoms with Crippen LogP contribution in [0.4, 0.5) is 0 Å². The van der Waals surface area contributed by atoms with Gasteiger partial charge in [0.1, 0.15) is 0 Å². The molecule has 3 nitrogen and oxygen atoms in total. The molecule has 2 rings (SSSR count). The number of nitrogens with zero attached hydrogens (tertiary/aromatic N) is 1. The molecule has 1 fully saturated rings. The summed E-state index contributed by atoms with van der Waals surface area (Å²) in [5, 5.41) is 0. The Bertz CT molecular complexity index is 395. The van der Waals surface area contributed by atoms with Crippen LogP contribution in [0.15, 0.2) is 24.3 Å². The molecule has 0 saturated heterocycles. The number of hydrogen-bond acceptors (Lipinski definition) is 2. The van der Waals surface area contributed by atoms with E-state index in [-0.39, 0.29) is 5.91 Å². The summed E-state index contributed by atoms with van der Waals surface area (Å²) in [6.07, 6.45) is 4.22. The maximum Gasteiger partial charge on any atom is 0.254 e. The molecule has 0 aromatic heterocycles. The average Bonchev–Trinajstić information content (AvgIpc) is 3.21. The zero-order valence-corrected chi connectivity index (χ0v) is 11.1. The van der Waals surface area contributed by atoms with Crippen molar-refractivity contribution in [2.45, 2.75) is 38.6 Å². The van der Waals surface area contributed by atoms with Crippen LogP contribution < -0.4 is 5.73 Å². The molecule has 18 heavy (non-hydrogen) atoms. The zero-order valence-electron chi connectivity index (χ0n) is 11.1. The van der Waals surface area contributed by atoms with Gasteiger partial charge in [-0.2, -0.15) is 0 Å². The summed E-state index contributed by atoms with van der Waals surface area (Å²) in [5.41, 5.74) is 7.52. The third kappa shape index (κ3) is 3.10. The first-order chi connectivity index (χ1) is 8.76. The Labute approximate surface area is 109 Å². The van der Waals surface area contributed by atoms with Crippen LogP contribution in [0.25, 0.3) is 0 Å². The van der Waals surface area contributed by atoms with E-state index in [4.69, 9.17) is 5.73 Å². The molecule has 3 heteroatoms. The van der Waals surface area contributed by atoms with Gasteiger partial charge in [0.2, 0.25) is 0 Å². The van der Waals surface area contributed by atoms with Crippen LogP contribution in [0, 0.1) is 0 Å². The number of amides is 1. The van der Waals surface area contributed by atoms with Crippen LogP contribution in [-0.4, -0.2) is 29.9 Å². The second-order valence-corrected chi connectivity index (χ2v) is 4.97. The van der Waals surface area contributed by atoms with Gasteiger partial charge in [0, 0.05) is 18.2 Å². The summed E-state index contributed by atoms with van der Waals surface area (Å²) in [5.74, 6) is 0.179. The molecule has 1 aliphatic carbocycles. The van der Waals surface area contributed by atoms with Crippen molar-refractivity contribution in [1.82, 2.24) is 4.90 Å². The maximum atomic E-state index is 12.4. The number of carbonyl (C=O) groups is 1. The van der Waals surface area contributed by atoms with Gasteiger partial charge >= 0.3 is 0 Å². The highest BCUT2D eigenvalue weighted by molar-refractivity contribution is 5.94. The minimum atomic E-state index is 0.179. The van der Waals surface area contributed by atoms with E-state index in [1.807, 2.05) is 29.2 Å². The van der Waals surface area contributed by atoms with Crippen LogP contribution >= 0.6 is 0 Å². The lowest BCUT2D eigenvalue weighted by atomic mass is 10.1. The highest BCUT2D eigenvalue weighted by Gasteiger charge is 2.32. The molecule has 0 unspecified atom stereocenters. The summed E-state index contributed by atoms with van der Waals surface area (Å²) < 4.78 is 0. The lowest BCUT2D eigenvalue weighted by Crippen LogP contribution is -2.33. The van der Waals surface area contributed by atoms with Crippen LogP contribution in [0.3, 0.4) is 0 Å². The molecular weight excluding hydrogens is 224 g/mol. The maximum absolute atomic E-state index is 12.4. The predicted molar refractivity (Wildman–Crippen MR) is 73.5 cm³/mol. The molecule has 0 aliphatic heterocycles. The van der Waals surface area contributed by atoms with Gasteiger partial charge in [0.05, 0.1) is 0 Å². The summed E-state index contributed by atoms with van der Waals surface area (Å²) >= 11 is 0. The van der Waals surface area contributed by atoms with Crippen molar-refractivity contribution in [3.05, 3.63) is 35.4 Å². The van der Waals surface area contributed by atoms with E-state index in [0.29, 0.717) is 12.6 Å². The Morgan fingerprint density at radius 1 is 1.33 bits per heavy atom. The van der Waals surface area contributed by atoms with E-state index < -0.39 is 0 Å². The zero-order chi connectivity index (χ0) is 13.0. The number of nitrogens with two attached hydrogens (primary N) is 1. The number of benzene rings is 1. The molecule has 0 bridgehead atoms. The Hall–Kier alpha value is -1.35. The number of carbonyl (C=O) groups excluding carboxylic acids is 1. The summed E-state index contributed by atoms with van der Waals surface area (Å²) in [4.78, 5) is 14.4. The Balaban J connectivity index is 2.06. The van der Waals surface area contributed by atoms with Gasteiger partial charge in [-0.05, 0) is 49.9 Å². The first-order valence-corrected chi connectivity index (χ1v) is 6.86. The molecule has 1 saturated carbocycles. The first kappa shape index (κ1) is 13.1. The third-order valence-corrected chi connectivity index (χ3v) is 3.35. The van der Waals surface area contributed by atoms with Crippen molar-refractivity contribution in [3.63, 3.8) is 0 Å². The SMILES string of the molecule is CCCN(C(=O)c1ccc(CCN)cc1)C1CC1. The highest BCUT2D eigenvalue weighted by atomic mass is 16.2. The average molecular weight is 246 g/mol. The van der Waals surface area contributed by atoms with Gasteiger partial charge in [-0.25, -0.2) is 0 Å². The van der Waals surface area contributed by atoms with Crippen molar-refractivity contribution in [3.8, 4) is 0 Å². The predicted octanol–water partition coefficient (Wildman–Crippen LogP) is 2.20. The van der Waals surface area contributed by atoms with Gasteiger partial charge in [-0.15, -0.1) is 0 Å². The van der Waals surface area contributed by atoms with Gasteiger partial charge < -0.3 is 10.6 Å². The molecule has 0 radical (unpaired) electrons. The van der Waals surface area contributed by atoms with E-state index in [2.05, 4.69) is 6.92 Å². The van der Waals surface area contributed by atoms with E-state index in [1.165, 1.54) is 5.56 Å². The minimum absolute atomic E-state index is 0.179. The van der Waals surface area contributed by atoms with E-state index in [9.17, 15) is 4.79 Å². The smallest absolute Gasteiger partial charge is 0.254 e. The Morgan fingerprint density at radius 2 is 2.00 bits per heavy atom. The second kappa shape index (κ2) is 6.01. The normalized spacial score (nSPS) is 14.6. The number of hydrogen-bond donors (Lipinski definition) is 1. The van der Waals surface area contributed by atoms with Crippen molar-refractivity contribution >= 4 is 5.91 Å². The van der Waals surface area contributed by atoms with Gasteiger partial charge in [-0.3, -0.25) is 4.79 Å². The van der Waals surface area contributed by atoms with Gasteiger partial charge in [0.25, 0.3) is 5.91 Å². The molecule has 0 heterocycles. The molecule has 1 amide bonds. The van der Waals surface area contributed by atoms with Crippen LogP contribution in [0.1, 0.15) is 42.1 Å². The topological polar surface area (TPSA) is 46.3 Å². The standard InChI is InChI=1S/C15H22N2O/c1-2-11-17(14-7-8-14)15(18)13-5-3-12(4-6-13)9-10-16/h3-6,14H,2,7-11,16H2,1H3. The van der Waals surface area contributed by atoms with Crippen molar-refractivity contribution in [2.75, 3.05) is 13.1 Å². The first-order valence-electron chi connectivity index (χ1n) is 6.86. The monoisotopic (exact) mass is 246 g/mol. The number of rotatable bonds is 6. The molecule has 1 aromatic carbocycles. The van der Waals surface area contributed by atoms with E-state index >= 15 is 0 Å². The fraction of sp³-hybridized carbons (Fsp3) is 0.533. The molecule has 1 aliphatic rings. The third-order valence-electron chi connectivity index (χ3n) is 3.35. The largest absolute Gasteiger partial charge is 0.336 e. The molecule has 98 valence electrons. The Kier molecular flexibility index (Phi) is 4.37. The summed E-state index contributed by atoms with van der Waals surface area (Å²) in [7, 11) is 0. The van der Waals surface area contributed by atoms with Gasteiger partial charge in [0.15, 0.2) is 0 Å².